The third kappa shape index (κ3) is 4.73. The average Bonchev–Trinajstić information content (AvgIpc) is 2.53. The quantitative estimate of drug-likeness (QED) is 0.640. The van der Waals surface area contributed by atoms with E-state index in [2.05, 4.69) is 10.6 Å². The minimum Gasteiger partial charge on any atom is -0.507 e. The number of benzene rings is 2. The van der Waals surface area contributed by atoms with Crippen molar-refractivity contribution in [3.8, 4) is 5.75 Å². The summed E-state index contributed by atoms with van der Waals surface area (Å²) in [6.45, 7) is 6.00. The summed E-state index contributed by atoms with van der Waals surface area (Å²) in [6, 6.07) is 13.5. The lowest BCUT2D eigenvalue weighted by molar-refractivity contribution is 0.0926. The lowest BCUT2D eigenvalue weighted by Gasteiger charge is -2.22. The van der Waals surface area contributed by atoms with E-state index in [1.54, 1.807) is 42.5 Å². The average molecular weight is 342 g/mol. The molecule has 0 fully saturated rings. The molecule has 0 radical (unpaired) electrons. The fourth-order valence-corrected chi connectivity index (χ4v) is 2.36. The van der Waals surface area contributed by atoms with Crippen LogP contribution in [-0.4, -0.2) is 22.2 Å². The Morgan fingerprint density at radius 2 is 1.64 bits per heavy atom. The third-order valence-corrected chi connectivity index (χ3v) is 3.78. The Bertz CT molecular complexity index is 767. The molecule has 0 aliphatic heterocycles. The standard InChI is InChI=1S/C19H22N2O4/c1-19(2,3)13-9-10-15(22)14(11-13)17(23)20-16(21-18(24)25)12-7-5-4-6-8-12/h4-11,16,21-22H,1-3H3,(H,20,23)(H,24,25). The molecule has 0 saturated carbocycles. The molecule has 2 amide bonds. The van der Waals surface area contributed by atoms with Crippen LogP contribution in [0.25, 0.3) is 0 Å². The zero-order chi connectivity index (χ0) is 18.6. The summed E-state index contributed by atoms with van der Waals surface area (Å²) in [4.78, 5) is 23.6. The first-order valence-corrected chi connectivity index (χ1v) is 7.87. The molecule has 2 rings (SSSR count). The van der Waals surface area contributed by atoms with Gasteiger partial charge in [0.05, 0.1) is 5.56 Å². The molecule has 0 heterocycles. The van der Waals surface area contributed by atoms with Gasteiger partial charge in [0.15, 0.2) is 0 Å². The summed E-state index contributed by atoms with van der Waals surface area (Å²) in [5, 5.41) is 23.9. The molecule has 0 spiro atoms. The van der Waals surface area contributed by atoms with Gasteiger partial charge in [-0.15, -0.1) is 0 Å². The largest absolute Gasteiger partial charge is 0.507 e. The van der Waals surface area contributed by atoms with Crippen LogP contribution < -0.4 is 10.6 Å². The van der Waals surface area contributed by atoms with Gasteiger partial charge in [0.25, 0.3) is 5.91 Å². The Labute approximate surface area is 146 Å². The number of hydrogen-bond acceptors (Lipinski definition) is 3. The van der Waals surface area contributed by atoms with Gasteiger partial charge in [-0.1, -0.05) is 57.2 Å². The van der Waals surface area contributed by atoms with Crippen LogP contribution in [0.3, 0.4) is 0 Å². The van der Waals surface area contributed by atoms with Crippen molar-refractivity contribution in [2.24, 2.45) is 0 Å². The lowest BCUT2D eigenvalue weighted by atomic mass is 9.86. The van der Waals surface area contributed by atoms with E-state index in [0.717, 1.165) is 5.56 Å². The maximum absolute atomic E-state index is 12.6. The molecular formula is C19H22N2O4. The van der Waals surface area contributed by atoms with E-state index in [-0.39, 0.29) is 16.7 Å². The molecule has 1 unspecified atom stereocenters. The smallest absolute Gasteiger partial charge is 0.406 e. The zero-order valence-corrected chi connectivity index (χ0v) is 14.4. The second-order valence-corrected chi connectivity index (χ2v) is 6.75. The van der Waals surface area contributed by atoms with Crippen molar-refractivity contribution in [3.63, 3.8) is 0 Å². The van der Waals surface area contributed by atoms with Gasteiger partial charge in [-0.2, -0.15) is 0 Å². The van der Waals surface area contributed by atoms with E-state index >= 15 is 0 Å². The van der Waals surface area contributed by atoms with E-state index < -0.39 is 18.2 Å². The first-order valence-electron chi connectivity index (χ1n) is 7.87. The Balaban J connectivity index is 2.31. The maximum atomic E-state index is 12.6. The van der Waals surface area contributed by atoms with Crippen LogP contribution in [-0.2, 0) is 5.41 Å². The molecule has 25 heavy (non-hydrogen) atoms. The van der Waals surface area contributed by atoms with Crippen molar-refractivity contribution in [1.29, 1.82) is 0 Å². The van der Waals surface area contributed by atoms with Gasteiger partial charge < -0.3 is 15.5 Å². The van der Waals surface area contributed by atoms with E-state index in [1.165, 1.54) is 6.07 Å². The molecule has 4 N–H and O–H groups in total. The molecule has 132 valence electrons. The Kier molecular flexibility index (Phi) is 5.32. The highest BCUT2D eigenvalue weighted by Crippen LogP contribution is 2.27. The number of amides is 2. The molecule has 2 aromatic rings. The number of phenols is 1. The van der Waals surface area contributed by atoms with Crippen LogP contribution in [0, 0.1) is 0 Å². The molecule has 0 aliphatic rings. The topological polar surface area (TPSA) is 98.7 Å². The summed E-state index contributed by atoms with van der Waals surface area (Å²) in [5.74, 6) is -0.723. The van der Waals surface area contributed by atoms with Crippen molar-refractivity contribution in [1.82, 2.24) is 10.6 Å². The van der Waals surface area contributed by atoms with Crippen molar-refractivity contribution >= 4 is 12.0 Å². The maximum Gasteiger partial charge on any atom is 0.406 e. The van der Waals surface area contributed by atoms with E-state index in [1.807, 2.05) is 20.8 Å². The minimum atomic E-state index is -1.26. The van der Waals surface area contributed by atoms with Crippen LogP contribution in [0.4, 0.5) is 4.79 Å². The predicted octanol–water partition coefficient (Wildman–Crippen LogP) is 3.39. The van der Waals surface area contributed by atoms with Gasteiger partial charge in [-0.05, 0) is 28.7 Å². The monoisotopic (exact) mass is 342 g/mol. The normalized spacial score (nSPS) is 12.3. The number of aromatic hydroxyl groups is 1. The molecule has 2 aromatic carbocycles. The number of rotatable bonds is 4. The molecular weight excluding hydrogens is 320 g/mol. The molecule has 0 saturated heterocycles. The Morgan fingerprint density at radius 3 is 2.20 bits per heavy atom. The number of carbonyl (C=O) groups excluding carboxylic acids is 1. The predicted molar refractivity (Wildman–Crippen MR) is 94.6 cm³/mol. The highest BCUT2D eigenvalue weighted by atomic mass is 16.4. The van der Waals surface area contributed by atoms with E-state index in [0.29, 0.717) is 5.56 Å². The second-order valence-electron chi connectivity index (χ2n) is 6.75. The van der Waals surface area contributed by atoms with Crippen molar-refractivity contribution in [2.75, 3.05) is 0 Å². The van der Waals surface area contributed by atoms with Gasteiger partial charge in [0.2, 0.25) is 0 Å². The summed E-state index contributed by atoms with van der Waals surface area (Å²) < 4.78 is 0. The highest BCUT2D eigenvalue weighted by molar-refractivity contribution is 5.97. The van der Waals surface area contributed by atoms with Crippen LogP contribution >= 0.6 is 0 Å². The fourth-order valence-electron chi connectivity index (χ4n) is 2.36. The Hall–Kier alpha value is -3.02. The van der Waals surface area contributed by atoms with Gasteiger partial charge >= 0.3 is 6.09 Å². The molecule has 0 aromatic heterocycles. The molecule has 0 aliphatic carbocycles. The second kappa shape index (κ2) is 7.25. The van der Waals surface area contributed by atoms with E-state index in [4.69, 9.17) is 5.11 Å². The zero-order valence-electron chi connectivity index (χ0n) is 14.4. The molecule has 0 bridgehead atoms. The number of phenolic OH excluding ortho intramolecular Hbond substituents is 1. The minimum absolute atomic E-state index is 0.0977. The molecule has 1 atom stereocenters. The number of nitrogens with one attached hydrogen (secondary N) is 2. The lowest BCUT2D eigenvalue weighted by Crippen LogP contribution is -2.40. The number of carboxylic acid groups (broad SMARTS) is 1. The fraction of sp³-hybridized carbons (Fsp3) is 0.263. The van der Waals surface area contributed by atoms with Crippen molar-refractivity contribution in [3.05, 3.63) is 65.2 Å². The number of carbonyl (C=O) groups is 2. The van der Waals surface area contributed by atoms with Crippen molar-refractivity contribution in [2.45, 2.75) is 32.4 Å². The summed E-state index contributed by atoms with van der Waals surface area (Å²) in [7, 11) is 0. The third-order valence-electron chi connectivity index (χ3n) is 3.78. The van der Waals surface area contributed by atoms with Crippen LogP contribution in [0.5, 0.6) is 5.75 Å². The first kappa shape index (κ1) is 18.3. The highest BCUT2D eigenvalue weighted by Gasteiger charge is 2.22. The van der Waals surface area contributed by atoms with Gasteiger partial charge in [0, 0.05) is 0 Å². The van der Waals surface area contributed by atoms with Gasteiger partial charge in [0.1, 0.15) is 11.9 Å². The number of hydrogen-bond donors (Lipinski definition) is 4. The summed E-state index contributed by atoms with van der Waals surface area (Å²) in [6.07, 6.45) is -2.19. The van der Waals surface area contributed by atoms with Gasteiger partial charge in [-0.3, -0.25) is 10.1 Å². The Morgan fingerprint density at radius 1 is 1.00 bits per heavy atom. The molecule has 6 nitrogen and oxygen atoms in total. The van der Waals surface area contributed by atoms with Crippen LogP contribution in [0.1, 0.15) is 48.4 Å². The van der Waals surface area contributed by atoms with Crippen LogP contribution in [0.15, 0.2) is 48.5 Å². The SMILES string of the molecule is CC(C)(C)c1ccc(O)c(C(=O)NC(NC(=O)O)c2ccccc2)c1. The van der Waals surface area contributed by atoms with Crippen molar-refractivity contribution < 1.29 is 19.8 Å². The van der Waals surface area contributed by atoms with E-state index in [9.17, 15) is 14.7 Å². The van der Waals surface area contributed by atoms with Gasteiger partial charge in [-0.25, -0.2) is 4.79 Å². The summed E-state index contributed by atoms with van der Waals surface area (Å²) >= 11 is 0. The summed E-state index contributed by atoms with van der Waals surface area (Å²) in [5.41, 5.74) is 1.38. The van der Waals surface area contributed by atoms with Crippen LogP contribution in [0.2, 0.25) is 0 Å². The molecule has 6 heteroatoms. The first-order chi connectivity index (χ1) is 11.7.